The van der Waals surface area contributed by atoms with Crippen molar-refractivity contribution in [2.45, 2.75) is 38.1 Å². The summed E-state index contributed by atoms with van der Waals surface area (Å²) in [7, 11) is 0. The second-order valence-electron chi connectivity index (χ2n) is 5.96. The fourth-order valence-electron chi connectivity index (χ4n) is 3.75. The molecule has 0 radical (unpaired) electrons. The van der Waals surface area contributed by atoms with Crippen LogP contribution in [-0.4, -0.2) is 49.7 Å². The summed E-state index contributed by atoms with van der Waals surface area (Å²) in [4.78, 5) is 14.5. The van der Waals surface area contributed by atoms with Crippen molar-refractivity contribution in [3.63, 3.8) is 0 Å². The quantitative estimate of drug-likeness (QED) is 0.757. The molecule has 1 amide bonds. The van der Waals surface area contributed by atoms with Gasteiger partial charge in [-0.3, -0.25) is 4.79 Å². The molecule has 3 fully saturated rings. The molecule has 3 aliphatic rings. The summed E-state index contributed by atoms with van der Waals surface area (Å²) in [5.41, 5.74) is 0. The summed E-state index contributed by atoms with van der Waals surface area (Å²) in [6.07, 6.45) is 6.67. The first-order valence-electron chi connectivity index (χ1n) is 7.44. The molecular weight excluding hydrogens is 228 g/mol. The van der Waals surface area contributed by atoms with Gasteiger partial charge in [-0.2, -0.15) is 0 Å². The third-order valence-electron chi connectivity index (χ3n) is 4.82. The van der Waals surface area contributed by atoms with Gasteiger partial charge in [-0.15, -0.1) is 0 Å². The van der Waals surface area contributed by atoms with E-state index in [0.29, 0.717) is 6.61 Å². The van der Waals surface area contributed by atoms with Gasteiger partial charge < -0.3 is 15.0 Å². The van der Waals surface area contributed by atoms with Crippen LogP contribution in [0.3, 0.4) is 0 Å². The summed E-state index contributed by atoms with van der Waals surface area (Å²) in [5.74, 6) is 1.91. The zero-order valence-corrected chi connectivity index (χ0v) is 11.1. The third kappa shape index (κ3) is 2.54. The van der Waals surface area contributed by atoms with Crippen molar-refractivity contribution >= 4 is 5.91 Å². The lowest BCUT2D eigenvalue weighted by Crippen LogP contribution is -2.55. The lowest BCUT2D eigenvalue weighted by molar-refractivity contribution is -0.139. The van der Waals surface area contributed by atoms with E-state index < -0.39 is 0 Å². The number of ether oxygens (including phenoxy) is 1. The first-order chi connectivity index (χ1) is 8.84. The molecular formula is C14H24N2O2. The van der Waals surface area contributed by atoms with E-state index in [2.05, 4.69) is 10.2 Å². The maximum atomic E-state index is 12.4. The highest BCUT2D eigenvalue weighted by Crippen LogP contribution is 2.36. The lowest BCUT2D eigenvalue weighted by atomic mass is 9.75. The molecule has 0 aromatic rings. The van der Waals surface area contributed by atoms with Gasteiger partial charge in [0.1, 0.15) is 6.04 Å². The van der Waals surface area contributed by atoms with Gasteiger partial charge in [-0.1, -0.05) is 19.3 Å². The standard InChI is InChI=1S/C14H24N2O2/c17-14(13-10-18-8-6-15-13)16-7-5-11-3-1-2-4-12(11)9-16/h11-13,15H,1-10H2. The molecule has 0 aromatic carbocycles. The number of hydrogen-bond donors (Lipinski definition) is 1. The van der Waals surface area contributed by atoms with E-state index in [1.54, 1.807) is 0 Å². The average molecular weight is 252 g/mol. The van der Waals surface area contributed by atoms with Crippen LogP contribution in [0.4, 0.5) is 0 Å². The fraction of sp³-hybridized carbons (Fsp3) is 0.929. The Kier molecular flexibility index (Phi) is 3.85. The number of nitrogens with zero attached hydrogens (tertiary/aromatic N) is 1. The summed E-state index contributed by atoms with van der Waals surface area (Å²) in [6.45, 7) is 4.02. The average Bonchev–Trinajstić information content (AvgIpc) is 2.47. The topological polar surface area (TPSA) is 41.6 Å². The lowest BCUT2D eigenvalue weighted by Gasteiger charge is -2.42. The third-order valence-corrected chi connectivity index (χ3v) is 4.82. The van der Waals surface area contributed by atoms with Crippen LogP contribution in [0.1, 0.15) is 32.1 Å². The highest BCUT2D eigenvalue weighted by molar-refractivity contribution is 5.82. The highest BCUT2D eigenvalue weighted by Gasteiger charge is 2.35. The van der Waals surface area contributed by atoms with E-state index in [-0.39, 0.29) is 11.9 Å². The number of piperidine rings is 1. The van der Waals surface area contributed by atoms with E-state index in [4.69, 9.17) is 4.74 Å². The Bertz CT molecular complexity index is 302. The molecule has 3 rings (SSSR count). The van der Waals surface area contributed by atoms with Gasteiger partial charge in [-0.05, 0) is 24.7 Å². The molecule has 4 heteroatoms. The smallest absolute Gasteiger partial charge is 0.242 e. The normalized spacial score (nSPS) is 37.1. The van der Waals surface area contributed by atoms with Crippen LogP contribution >= 0.6 is 0 Å². The van der Waals surface area contributed by atoms with Crippen molar-refractivity contribution in [2.75, 3.05) is 32.8 Å². The van der Waals surface area contributed by atoms with E-state index in [0.717, 1.165) is 38.1 Å². The van der Waals surface area contributed by atoms with Crippen molar-refractivity contribution in [3.8, 4) is 0 Å². The summed E-state index contributed by atoms with van der Waals surface area (Å²) in [6, 6.07) is -0.0982. The van der Waals surface area contributed by atoms with E-state index in [1.165, 1.54) is 32.1 Å². The number of likely N-dealkylation sites (tertiary alicyclic amines) is 1. The Balaban J connectivity index is 1.57. The Morgan fingerprint density at radius 2 is 2.00 bits per heavy atom. The number of amides is 1. The largest absolute Gasteiger partial charge is 0.378 e. The van der Waals surface area contributed by atoms with Crippen molar-refractivity contribution in [3.05, 3.63) is 0 Å². The Hall–Kier alpha value is -0.610. The van der Waals surface area contributed by atoms with E-state index in [9.17, 15) is 4.79 Å². The molecule has 18 heavy (non-hydrogen) atoms. The van der Waals surface area contributed by atoms with Gasteiger partial charge >= 0.3 is 0 Å². The van der Waals surface area contributed by atoms with Crippen LogP contribution in [-0.2, 0) is 9.53 Å². The van der Waals surface area contributed by atoms with Crippen molar-refractivity contribution in [1.29, 1.82) is 0 Å². The minimum Gasteiger partial charge on any atom is -0.378 e. The molecule has 1 aliphatic carbocycles. The number of fused-ring (bicyclic) bond motifs is 1. The van der Waals surface area contributed by atoms with Crippen LogP contribution in [0, 0.1) is 11.8 Å². The Morgan fingerprint density at radius 1 is 1.17 bits per heavy atom. The number of rotatable bonds is 1. The van der Waals surface area contributed by atoms with Gasteiger partial charge in [0.2, 0.25) is 5.91 Å². The zero-order valence-electron chi connectivity index (χ0n) is 11.1. The molecule has 3 unspecified atom stereocenters. The van der Waals surface area contributed by atoms with Gasteiger partial charge in [0.05, 0.1) is 13.2 Å². The summed E-state index contributed by atoms with van der Waals surface area (Å²) >= 11 is 0. The van der Waals surface area contributed by atoms with E-state index >= 15 is 0 Å². The molecule has 2 aliphatic heterocycles. The number of nitrogens with one attached hydrogen (secondary N) is 1. The minimum absolute atomic E-state index is 0.0982. The SMILES string of the molecule is O=C(C1COCCN1)N1CCC2CCCCC2C1. The summed E-state index contributed by atoms with van der Waals surface area (Å²) in [5, 5.41) is 3.27. The van der Waals surface area contributed by atoms with Gasteiger partial charge in [0.25, 0.3) is 0 Å². The molecule has 2 saturated heterocycles. The molecule has 0 spiro atoms. The number of carbonyl (C=O) groups excluding carboxylic acids is 1. The van der Waals surface area contributed by atoms with Crippen LogP contribution in [0.5, 0.6) is 0 Å². The number of morpholine rings is 1. The molecule has 3 atom stereocenters. The van der Waals surface area contributed by atoms with Crippen LogP contribution in [0.25, 0.3) is 0 Å². The number of carbonyl (C=O) groups is 1. The Morgan fingerprint density at radius 3 is 2.78 bits per heavy atom. The molecule has 2 heterocycles. The molecule has 0 aromatic heterocycles. The maximum Gasteiger partial charge on any atom is 0.242 e. The highest BCUT2D eigenvalue weighted by atomic mass is 16.5. The minimum atomic E-state index is -0.0982. The maximum absolute atomic E-state index is 12.4. The van der Waals surface area contributed by atoms with Crippen molar-refractivity contribution < 1.29 is 9.53 Å². The first kappa shape index (κ1) is 12.4. The predicted molar refractivity (Wildman–Crippen MR) is 69.3 cm³/mol. The Labute approximate surface area is 109 Å². The van der Waals surface area contributed by atoms with Crippen LogP contribution in [0.15, 0.2) is 0 Å². The predicted octanol–water partition coefficient (Wildman–Crippen LogP) is 1.01. The van der Waals surface area contributed by atoms with Crippen molar-refractivity contribution in [2.24, 2.45) is 11.8 Å². The molecule has 4 nitrogen and oxygen atoms in total. The molecule has 0 bridgehead atoms. The monoisotopic (exact) mass is 252 g/mol. The van der Waals surface area contributed by atoms with Gasteiger partial charge in [-0.25, -0.2) is 0 Å². The van der Waals surface area contributed by atoms with Gasteiger partial charge in [0, 0.05) is 19.6 Å². The summed E-state index contributed by atoms with van der Waals surface area (Å²) < 4.78 is 5.39. The second-order valence-corrected chi connectivity index (χ2v) is 5.96. The zero-order chi connectivity index (χ0) is 12.4. The van der Waals surface area contributed by atoms with E-state index in [1.807, 2.05) is 0 Å². The second kappa shape index (κ2) is 5.57. The van der Waals surface area contributed by atoms with Crippen LogP contribution in [0.2, 0.25) is 0 Å². The molecule has 1 saturated carbocycles. The van der Waals surface area contributed by atoms with Crippen LogP contribution < -0.4 is 5.32 Å². The molecule has 102 valence electrons. The fourth-order valence-corrected chi connectivity index (χ4v) is 3.75. The van der Waals surface area contributed by atoms with Gasteiger partial charge in [0.15, 0.2) is 0 Å². The molecule has 1 N–H and O–H groups in total. The number of hydrogen-bond acceptors (Lipinski definition) is 3. The van der Waals surface area contributed by atoms with Crippen molar-refractivity contribution in [1.82, 2.24) is 10.2 Å². The first-order valence-corrected chi connectivity index (χ1v) is 7.44.